The van der Waals surface area contributed by atoms with Crippen LogP contribution in [0.4, 0.5) is 27.6 Å². The molecule has 0 aliphatic rings. The fourth-order valence-electron chi connectivity index (χ4n) is 1.64. The predicted octanol–water partition coefficient (Wildman–Crippen LogP) is 4.15. The standard InChI is InChI=1S/C13H10F5NO/c1-2-6-3-4-7(20-6)5-19-13-11(17)9(15)8(14)10(16)12(13)18/h3-4,19H,2,5H2,1H3. The van der Waals surface area contributed by atoms with Crippen molar-refractivity contribution in [2.24, 2.45) is 0 Å². The molecule has 2 nitrogen and oxygen atoms in total. The second-order valence-electron chi connectivity index (χ2n) is 4.02. The summed E-state index contributed by atoms with van der Waals surface area (Å²) in [5.74, 6) is -8.98. The summed E-state index contributed by atoms with van der Waals surface area (Å²) >= 11 is 0. The summed E-state index contributed by atoms with van der Waals surface area (Å²) in [5, 5.41) is 2.15. The summed E-state index contributed by atoms with van der Waals surface area (Å²) in [7, 11) is 0. The highest BCUT2D eigenvalue weighted by molar-refractivity contribution is 5.47. The van der Waals surface area contributed by atoms with Crippen molar-refractivity contribution in [1.82, 2.24) is 0 Å². The highest BCUT2D eigenvalue weighted by Gasteiger charge is 2.25. The van der Waals surface area contributed by atoms with Crippen molar-refractivity contribution in [2.45, 2.75) is 19.9 Å². The van der Waals surface area contributed by atoms with Crippen LogP contribution in [0, 0.1) is 29.1 Å². The number of hydrogen-bond donors (Lipinski definition) is 1. The minimum absolute atomic E-state index is 0.196. The van der Waals surface area contributed by atoms with Gasteiger partial charge >= 0.3 is 0 Å². The molecule has 0 saturated heterocycles. The Kier molecular flexibility index (Phi) is 3.96. The van der Waals surface area contributed by atoms with E-state index in [4.69, 9.17) is 4.42 Å². The zero-order valence-electron chi connectivity index (χ0n) is 10.4. The summed E-state index contributed by atoms with van der Waals surface area (Å²) in [6.45, 7) is 1.65. The van der Waals surface area contributed by atoms with E-state index in [1.54, 1.807) is 12.1 Å². The Labute approximate surface area is 111 Å². The Morgan fingerprint density at radius 3 is 1.85 bits per heavy atom. The lowest BCUT2D eigenvalue weighted by atomic mass is 10.2. The van der Waals surface area contributed by atoms with Crippen LogP contribution in [0.2, 0.25) is 0 Å². The predicted molar refractivity (Wildman–Crippen MR) is 61.6 cm³/mol. The van der Waals surface area contributed by atoms with Crippen LogP contribution in [-0.4, -0.2) is 0 Å². The Hall–Kier alpha value is -2.05. The van der Waals surface area contributed by atoms with Crippen molar-refractivity contribution < 1.29 is 26.4 Å². The van der Waals surface area contributed by atoms with Gasteiger partial charge in [0.25, 0.3) is 0 Å². The molecule has 0 bridgehead atoms. The number of nitrogens with one attached hydrogen (secondary N) is 1. The van der Waals surface area contributed by atoms with Gasteiger partial charge in [-0.2, -0.15) is 0 Å². The Balaban J connectivity index is 2.25. The zero-order chi connectivity index (χ0) is 14.9. The molecule has 0 spiro atoms. The maximum absolute atomic E-state index is 13.4. The van der Waals surface area contributed by atoms with Gasteiger partial charge in [0.1, 0.15) is 17.2 Å². The highest BCUT2D eigenvalue weighted by Crippen LogP contribution is 2.27. The van der Waals surface area contributed by atoms with Crippen LogP contribution in [0.5, 0.6) is 0 Å². The largest absolute Gasteiger partial charge is 0.464 e. The summed E-state index contributed by atoms with van der Waals surface area (Å²) in [4.78, 5) is 0. The highest BCUT2D eigenvalue weighted by atomic mass is 19.2. The number of halogens is 5. The monoisotopic (exact) mass is 291 g/mol. The van der Waals surface area contributed by atoms with Crippen LogP contribution in [0.15, 0.2) is 16.5 Å². The number of furan rings is 1. The van der Waals surface area contributed by atoms with Gasteiger partial charge in [0.15, 0.2) is 23.3 Å². The van der Waals surface area contributed by atoms with Crippen LogP contribution in [0.3, 0.4) is 0 Å². The summed E-state index contributed by atoms with van der Waals surface area (Å²) < 4.78 is 70.7. The third kappa shape index (κ3) is 2.48. The minimum Gasteiger partial charge on any atom is -0.464 e. The summed E-state index contributed by atoms with van der Waals surface area (Å²) in [6, 6.07) is 3.22. The molecule has 0 atom stereocenters. The number of anilines is 1. The van der Waals surface area contributed by atoms with Crippen molar-refractivity contribution in [1.29, 1.82) is 0 Å². The van der Waals surface area contributed by atoms with E-state index in [0.717, 1.165) is 0 Å². The van der Waals surface area contributed by atoms with Crippen LogP contribution in [0.25, 0.3) is 0 Å². The van der Waals surface area contributed by atoms with Crippen LogP contribution >= 0.6 is 0 Å². The molecule has 108 valence electrons. The van der Waals surface area contributed by atoms with Gasteiger partial charge in [0.2, 0.25) is 5.82 Å². The molecule has 0 unspecified atom stereocenters. The van der Waals surface area contributed by atoms with Crippen molar-refractivity contribution >= 4 is 5.69 Å². The molecule has 2 rings (SSSR count). The average molecular weight is 291 g/mol. The first-order valence-electron chi connectivity index (χ1n) is 5.78. The topological polar surface area (TPSA) is 25.2 Å². The first kappa shape index (κ1) is 14.4. The molecule has 1 aromatic carbocycles. The minimum atomic E-state index is -2.18. The van der Waals surface area contributed by atoms with E-state index in [1.165, 1.54) is 0 Å². The van der Waals surface area contributed by atoms with E-state index in [2.05, 4.69) is 5.32 Å². The molecule has 0 aliphatic carbocycles. The molecule has 0 amide bonds. The molecule has 1 aromatic heterocycles. The number of hydrogen-bond acceptors (Lipinski definition) is 2. The third-order valence-electron chi connectivity index (χ3n) is 2.71. The number of rotatable bonds is 4. The van der Waals surface area contributed by atoms with Gasteiger partial charge in [-0.25, -0.2) is 22.0 Å². The van der Waals surface area contributed by atoms with E-state index >= 15 is 0 Å². The first-order valence-corrected chi connectivity index (χ1v) is 5.78. The van der Waals surface area contributed by atoms with Crippen molar-refractivity contribution in [2.75, 3.05) is 5.32 Å². The number of benzene rings is 1. The first-order chi connectivity index (χ1) is 9.45. The van der Waals surface area contributed by atoms with E-state index in [-0.39, 0.29) is 6.54 Å². The van der Waals surface area contributed by atoms with Crippen LogP contribution in [-0.2, 0) is 13.0 Å². The van der Waals surface area contributed by atoms with Gasteiger partial charge in [0.05, 0.1) is 6.54 Å². The zero-order valence-corrected chi connectivity index (χ0v) is 10.4. The van der Waals surface area contributed by atoms with Gasteiger partial charge in [-0.15, -0.1) is 0 Å². The number of aryl methyl sites for hydroxylation is 1. The molecular weight excluding hydrogens is 281 g/mol. The molecular formula is C13H10F5NO. The Morgan fingerprint density at radius 2 is 1.35 bits per heavy atom. The molecule has 20 heavy (non-hydrogen) atoms. The molecule has 0 fully saturated rings. The van der Waals surface area contributed by atoms with E-state index < -0.39 is 34.8 Å². The molecule has 7 heteroatoms. The molecule has 1 N–H and O–H groups in total. The Morgan fingerprint density at radius 1 is 0.850 bits per heavy atom. The van der Waals surface area contributed by atoms with E-state index in [1.807, 2.05) is 6.92 Å². The maximum atomic E-state index is 13.4. The summed E-state index contributed by atoms with van der Waals surface area (Å²) in [5.41, 5.74) is -1.07. The quantitative estimate of drug-likeness (QED) is 0.520. The van der Waals surface area contributed by atoms with Gasteiger partial charge in [-0.1, -0.05) is 6.92 Å². The van der Waals surface area contributed by atoms with Gasteiger partial charge < -0.3 is 9.73 Å². The fourth-order valence-corrected chi connectivity index (χ4v) is 1.64. The molecule has 0 radical (unpaired) electrons. The van der Waals surface area contributed by atoms with Crippen LogP contribution in [0.1, 0.15) is 18.4 Å². The van der Waals surface area contributed by atoms with Crippen molar-refractivity contribution in [3.8, 4) is 0 Å². The van der Waals surface area contributed by atoms with Gasteiger partial charge in [-0.05, 0) is 12.1 Å². The van der Waals surface area contributed by atoms with Gasteiger partial charge in [-0.3, -0.25) is 0 Å². The molecule has 1 heterocycles. The van der Waals surface area contributed by atoms with E-state index in [9.17, 15) is 22.0 Å². The molecule has 0 saturated carbocycles. The van der Waals surface area contributed by atoms with Crippen LogP contribution < -0.4 is 5.32 Å². The molecule has 0 aliphatic heterocycles. The smallest absolute Gasteiger partial charge is 0.200 e. The SMILES string of the molecule is CCc1ccc(CNc2c(F)c(F)c(F)c(F)c2F)o1. The molecule has 2 aromatic rings. The lowest BCUT2D eigenvalue weighted by Crippen LogP contribution is -2.09. The summed E-state index contributed by atoms with van der Waals surface area (Å²) in [6.07, 6.45) is 0.628. The second kappa shape index (κ2) is 5.52. The van der Waals surface area contributed by atoms with Gasteiger partial charge in [0, 0.05) is 6.42 Å². The fraction of sp³-hybridized carbons (Fsp3) is 0.231. The second-order valence-corrected chi connectivity index (χ2v) is 4.02. The maximum Gasteiger partial charge on any atom is 0.200 e. The van der Waals surface area contributed by atoms with Crippen molar-refractivity contribution in [3.05, 3.63) is 52.7 Å². The Bertz CT molecular complexity index is 609. The van der Waals surface area contributed by atoms with Crippen molar-refractivity contribution in [3.63, 3.8) is 0 Å². The third-order valence-corrected chi connectivity index (χ3v) is 2.71. The average Bonchev–Trinajstić information content (AvgIpc) is 2.91. The lowest BCUT2D eigenvalue weighted by Gasteiger charge is -2.09. The lowest BCUT2D eigenvalue weighted by molar-refractivity contribution is 0.381. The van der Waals surface area contributed by atoms with E-state index in [0.29, 0.717) is 17.9 Å². The normalized spacial score (nSPS) is 10.9.